The fourth-order valence-corrected chi connectivity index (χ4v) is 15.9. The molecule has 0 atom stereocenters. The zero-order chi connectivity index (χ0) is 63.8. The van der Waals surface area contributed by atoms with Gasteiger partial charge in [-0.3, -0.25) is 0 Å². The van der Waals surface area contributed by atoms with Crippen LogP contribution in [0, 0.1) is 0 Å². The Hall–Kier alpha value is -5.54. The zero-order valence-corrected chi connectivity index (χ0v) is 58.3. The number of fused-ring (bicyclic) bond motifs is 4. The molecule has 8 aromatic rings. The van der Waals surface area contributed by atoms with Crippen molar-refractivity contribution in [1.29, 1.82) is 0 Å². The van der Waals surface area contributed by atoms with Gasteiger partial charge in [-0.1, -0.05) is 287 Å². The summed E-state index contributed by atoms with van der Waals surface area (Å²) in [5.74, 6) is 0. The van der Waals surface area contributed by atoms with Gasteiger partial charge in [-0.05, 0) is 167 Å². The van der Waals surface area contributed by atoms with E-state index < -0.39 is 16.1 Å². The molecule has 0 saturated carbocycles. The van der Waals surface area contributed by atoms with Crippen molar-refractivity contribution >= 4 is 32.0 Å². The molecule has 0 radical (unpaired) electrons. The summed E-state index contributed by atoms with van der Waals surface area (Å²) in [6, 6.07) is 50.3. The molecule has 0 spiro atoms. The molecule has 0 amide bonds. The Morgan fingerprint density at radius 3 is 0.907 bits per heavy atom. The van der Waals surface area contributed by atoms with E-state index in [-0.39, 0.29) is 53.9 Å². The Kier molecular flexibility index (Phi) is 16.5. The van der Waals surface area contributed by atoms with Crippen LogP contribution in [0.2, 0.25) is 0 Å². The van der Waals surface area contributed by atoms with Crippen LogP contribution >= 0.6 is 16.1 Å². The zero-order valence-electron chi connectivity index (χ0n) is 56.5. The first-order valence-corrected chi connectivity index (χ1v) is 34.0. The van der Waals surface area contributed by atoms with Gasteiger partial charge in [0.15, 0.2) is 10.6 Å². The highest BCUT2D eigenvalue weighted by atomic mass is 31.2. The molecular formula is C80H99O4P2+. The van der Waals surface area contributed by atoms with Gasteiger partial charge in [-0.15, -0.1) is 0 Å². The summed E-state index contributed by atoms with van der Waals surface area (Å²) in [4.78, 5) is 49.1. The quantitative estimate of drug-likeness (QED) is 0.114. The molecule has 0 heterocycles. The molecule has 0 aliphatic heterocycles. The summed E-state index contributed by atoms with van der Waals surface area (Å²) in [6.07, 6.45) is 0. The third kappa shape index (κ3) is 12.0. The van der Waals surface area contributed by atoms with Crippen molar-refractivity contribution in [3.05, 3.63) is 184 Å². The predicted molar refractivity (Wildman–Crippen MR) is 376 cm³/mol. The molecule has 0 bridgehead atoms. The number of rotatable bonds is 8. The summed E-state index contributed by atoms with van der Waals surface area (Å²) in [5, 5.41) is 0.591. The average molecular weight is 1190 g/mol. The largest absolute Gasteiger partial charge is 0.346 e. The Bertz CT molecular complexity index is 3940. The van der Waals surface area contributed by atoms with E-state index in [1.54, 1.807) is 24.3 Å². The minimum atomic E-state index is -4.42. The maximum absolute atomic E-state index is 13.5. The molecule has 4 nitrogen and oxygen atoms in total. The molecule has 0 saturated heterocycles. The van der Waals surface area contributed by atoms with Crippen molar-refractivity contribution in [3.8, 4) is 77.9 Å². The van der Waals surface area contributed by atoms with Crippen LogP contribution in [0.1, 0.15) is 211 Å². The van der Waals surface area contributed by atoms with E-state index in [2.05, 4.69) is 263 Å². The van der Waals surface area contributed by atoms with Crippen molar-refractivity contribution in [2.24, 2.45) is 0 Å². The second kappa shape index (κ2) is 21.9. The van der Waals surface area contributed by atoms with Gasteiger partial charge in [0.05, 0.1) is 5.30 Å². The van der Waals surface area contributed by atoms with Crippen LogP contribution in [0.3, 0.4) is 0 Å². The van der Waals surface area contributed by atoms with E-state index in [0.29, 0.717) is 10.9 Å². The van der Waals surface area contributed by atoms with Crippen LogP contribution in [0.25, 0.3) is 77.9 Å². The fourth-order valence-electron chi connectivity index (χ4n) is 12.9. The van der Waals surface area contributed by atoms with Crippen molar-refractivity contribution in [3.63, 3.8) is 0 Å². The molecule has 1 aliphatic carbocycles. The Labute approximate surface area is 520 Å². The average Bonchev–Trinajstić information content (AvgIpc) is 0.692. The monoisotopic (exact) mass is 1190 g/mol. The van der Waals surface area contributed by atoms with Crippen LogP contribution in [-0.2, 0) is 43.3 Å². The summed E-state index contributed by atoms with van der Waals surface area (Å²) < 4.78 is 0. The predicted octanol–water partition coefficient (Wildman–Crippen LogP) is 20.8. The smallest absolute Gasteiger partial charge is 0.334 e. The number of benzene rings is 8. The minimum absolute atomic E-state index is 0.0857. The van der Waals surface area contributed by atoms with E-state index in [1.165, 1.54) is 55.6 Å². The van der Waals surface area contributed by atoms with E-state index >= 15 is 0 Å². The normalized spacial score (nSPS) is 13.7. The van der Waals surface area contributed by atoms with Crippen molar-refractivity contribution in [2.75, 3.05) is 0 Å². The molecule has 4 N–H and O–H groups in total. The maximum atomic E-state index is 13.5. The lowest BCUT2D eigenvalue weighted by molar-refractivity contribution is 0.478. The van der Waals surface area contributed by atoms with Gasteiger partial charge >= 0.3 is 7.72 Å². The molecule has 9 rings (SSSR count). The third-order valence-electron chi connectivity index (χ3n) is 17.9. The highest BCUT2D eigenvalue weighted by Gasteiger charge is 2.48. The fraction of sp³-hybridized carbons (Fsp3) is 0.400. The first-order chi connectivity index (χ1) is 39.4. The van der Waals surface area contributed by atoms with Crippen molar-refractivity contribution in [1.82, 2.24) is 0 Å². The standard InChI is InChI=1S/C80H99O4P2/c1-73(2,3)48-36-40-52(59(44-48)77(13,14)15)53-31-29-32-58-66(53)72-70(57-30-25-27-34-64(57)86(83,84)65-35-28-26-33-63(65)85(81)82)68(55-42-38-50(75(7,8)9)46-61(55)79(19,20)21)67(54-41-37-49(74(4,5)6)45-60(54)78(16,17)18)69(71(58)72)56-43-39-51(76(10,11)12)47-62(56)80(22,23)24/h25-47,81-84H,1-24H3/q+1. The van der Waals surface area contributed by atoms with Gasteiger partial charge in [-0.25, -0.2) is 9.79 Å². The number of hydrogen-bond acceptors (Lipinski definition) is 4. The second-order valence-corrected chi connectivity index (χ2v) is 36.1. The van der Waals surface area contributed by atoms with Gasteiger partial charge < -0.3 is 9.79 Å². The lowest BCUT2D eigenvalue weighted by Crippen LogP contribution is -2.32. The van der Waals surface area contributed by atoms with E-state index in [9.17, 15) is 19.6 Å². The minimum Gasteiger partial charge on any atom is -0.346 e. The summed E-state index contributed by atoms with van der Waals surface area (Å²) in [5.41, 5.74) is 23.1. The molecule has 86 heavy (non-hydrogen) atoms. The summed E-state index contributed by atoms with van der Waals surface area (Å²) in [6.45, 7) is 55.6. The van der Waals surface area contributed by atoms with Crippen LogP contribution in [0.4, 0.5) is 0 Å². The molecule has 8 aromatic carbocycles. The second-order valence-electron chi connectivity index (χ2n) is 32.9. The van der Waals surface area contributed by atoms with E-state index in [1.807, 2.05) is 18.2 Å². The maximum Gasteiger partial charge on any atom is 0.334 e. The molecule has 6 heteroatoms. The SMILES string of the molecule is CC(C)(C)c1ccc(-c2cccc3c2-c2c(-c4ccccc4[P+](O)(O)c4ccccc4P(O)O)c(-c4ccc(C(C)(C)C)cc4C(C)(C)C)c(-c4ccc(C(C)(C)C)cc4C(C)(C)C)c(-c4ccc(C(C)(C)C)cc4C(C)(C)C)c2-3)c(C(C)(C)C)c1. The summed E-state index contributed by atoms with van der Waals surface area (Å²) >= 11 is 0. The van der Waals surface area contributed by atoms with Gasteiger partial charge in [0, 0.05) is 16.7 Å². The molecule has 0 aromatic heterocycles. The Balaban J connectivity index is 1.68. The lowest BCUT2D eigenvalue weighted by atomic mass is 9.63. The van der Waals surface area contributed by atoms with Crippen LogP contribution in [-0.4, -0.2) is 19.6 Å². The molecule has 452 valence electrons. The Morgan fingerprint density at radius 1 is 0.256 bits per heavy atom. The molecule has 0 fully saturated rings. The Morgan fingerprint density at radius 2 is 0.547 bits per heavy atom. The molecule has 0 unspecified atom stereocenters. The molecular weight excluding hydrogens is 1090 g/mol. The lowest BCUT2D eigenvalue weighted by Gasteiger charge is -2.40. The first kappa shape index (κ1) is 64.9. The molecule has 1 aliphatic rings. The van der Waals surface area contributed by atoms with Gasteiger partial charge in [0.2, 0.25) is 8.38 Å². The van der Waals surface area contributed by atoms with Crippen molar-refractivity contribution < 1.29 is 19.6 Å². The summed E-state index contributed by atoms with van der Waals surface area (Å²) in [7, 11) is -7.12. The van der Waals surface area contributed by atoms with Crippen LogP contribution in [0.15, 0.2) is 140 Å². The van der Waals surface area contributed by atoms with Crippen LogP contribution in [0.5, 0.6) is 0 Å². The third-order valence-corrected chi connectivity index (χ3v) is 21.0. The van der Waals surface area contributed by atoms with Gasteiger partial charge in [0.1, 0.15) is 0 Å². The van der Waals surface area contributed by atoms with E-state index in [4.69, 9.17) is 0 Å². The topological polar surface area (TPSA) is 80.9 Å². The first-order valence-electron chi connectivity index (χ1n) is 31.1. The van der Waals surface area contributed by atoms with Gasteiger partial charge in [0.25, 0.3) is 0 Å². The number of hydrogen-bond donors (Lipinski definition) is 4. The van der Waals surface area contributed by atoms with Crippen molar-refractivity contribution in [2.45, 2.75) is 209 Å². The highest BCUT2D eigenvalue weighted by molar-refractivity contribution is 7.81. The van der Waals surface area contributed by atoms with Crippen LogP contribution < -0.4 is 15.9 Å². The van der Waals surface area contributed by atoms with Gasteiger partial charge in [-0.2, -0.15) is 0 Å². The highest BCUT2D eigenvalue weighted by Crippen LogP contribution is 2.67. The van der Waals surface area contributed by atoms with E-state index in [0.717, 1.165) is 61.2 Å².